The molecule has 0 aliphatic carbocycles. The van der Waals surface area contributed by atoms with Crippen LogP contribution in [-0.2, 0) is 27.5 Å². The molecule has 1 unspecified atom stereocenters. The summed E-state index contributed by atoms with van der Waals surface area (Å²) >= 11 is 0. The quantitative estimate of drug-likeness (QED) is 0.0922. The predicted molar refractivity (Wildman–Crippen MR) is 164 cm³/mol. The first-order valence-electron chi connectivity index (χ1n) is 15.2. The molecule has 0 spiro atoms. The van der Waals surface area contributed by atoms with Crippen LogP contribution in [0.1, 0.15) is 119 Å². The lowest BCUT2D eigenvalue weighted by Crippen LogP contribution is -2.33. The van der Waals surface area contributed by atoms with Crippen LogP contribution in [0.5, 0.6) is 0 Å². The van der Waals surface area contributed by atoms with Gasteiger partial charge >= 0.3 is 8.25 Å². The molecular weight excluding hydrogens is 499 g/mol. The van der Waals surface area contributed by atoms with Gasteiger partial charge in [0.15, 0.2) is 0 Å². The van der Waals surface area contributed by atoms with Crippen molar-refractivity contribution in [3.63, 3.8) is 0 Å². The van der Waals surface area contributed by atoms with Crippen LogP contribution in [-0.4, -0.2) is 4.89 Å². The summed E-state index contributed by atoms with van der Waals surface area (Å²) in [7, 11) is -2.88. The molecular formula is C35H48O3P+. The Morgan fingerprint density at radius 2 is 1.00 bits per heavy atom. The Hall–Kier alpha value is -2.32. The van der Waals surface area contributed by atoms with E-state index in [4.69, 9.17) is 4.52 Å². The summed E-state index contributed by atoms with van der Waals surface area (Å²) < 4.78 is 18.9. The van der Waals surface area contributed by atoms with Crippen LogP contribution in [0.3, 0.4) is 0 Å². The lowest BCUT2D eigenvalue weighted by Gasteiger charge is -2.33. The highest BCUT2D eigenvalue weighted by molar-refractivity contribution is 7.32. The Kier molecular flexibility index (Phi) is 13.9. The van der Waals surface area contributed by atoms with E-state index in [-0.39, 0.29) is 0 Å². The van der Waals surface area contributed by atoms with Crippen LogP contribution in [0.2, 0.25) is 0 Å². The van der Waals surface area contributed by atoms with E-state index in [9.17, 15) is 9.46 Å². The molecule has 1 N–H and O–H groups in total. The topological polar surface area (TPSA) is 46.5 Å². The van der Waals surface area contributed by atoms with Crippen molar-refractivity contribution < 1.29 is 14.0 Å². The van der Waals surface area contributed by atoms with Gasteiger partial charge in [0.1, 0.15) is 0 Å². The maximum Gasteiger partial charge on any atom is 0.696 e. The third-order valence-electron chi connectivity index (χ3n) is 7.79. The monoisotopic (exact) mass is 547 g/mol. The summed E-state index contributed by atoms with van der Waals surface area (Å²) in [6.45, 7) is 4.49. The molecule has 0 aliphatic heterocycles. The van der Waals surface area contributed by atoms with Gasteiger partial charge < -0.3 is 0 Å². The third kappa shape index (κ3) is 9.10. The molecule has 3 aromatic carbocycles. The molecule has 1 atom stereocenters. The molecule has 0 amide bonds. The van der Waals surface area contributed by atoms with Crippen LogP contribution >= 0.6 is 8.25 Å². The van der Waals surface area contributed by atoms with E-state index in [2.05, 4.69) is 50.2 Å². The van der Waals surface area contributed by atoms with Crippen molar-refractivity contribution in [2.75, 3.05) is 0 Å². The summed E-state index contributed by atoms with van der Waals surface area (Å²) in [4.78, 5) is 10.3. The zero-order valence-electron chi connectivity index (χ0n) is 24.1. The highest BCUT2D eigenvalue weighted by Gasteiger charge is 2.48. The van der Waals surface area contributed by atoms with Crippen molar-refractivity contribution in [3.05, 3.63) is 107 Å². The highest BCUT2D eigenvalue weighted by Crippen LogP contribution is 2.48. The normalized spacial score (nSPS) is 12.0. The second kappa shape index (κ2) is 17.4. The van der Waals surface area contributed by atoms with Crippen LogP contribution in [0, 0.1) is 0 Å². The molecule has 0 saturated carbocycles. The first-order valence-corrected chi connectivity index (χ1v) is 16.3. The molecule has 0 heterocycles. The molecule has 0 saturated heterocycles. The van der Waals surface area contributed by atoms with Gasteiger partial charge in [0.05, 0.1) is 0 Å². The average molecular weight is 548 g/mol. The van der Waals surface area contributed by atoms with Gasteiger partial charge in [0.25, 0.3) is 0 Å². The molecule has 3 nitrogen and oxygen atoms in total. The van der Waals surface area contributed by atoms with Crippen molar-refractivity contribution >= 4 is 8.25 Å². The van der Waals surface area contributed by atoms with E-state index >= 15 is 0 Å². The van der Waals surface area contributed by atoms with Crippen molar-refractivity contribution in [1.82, 2.24) is 0 Å². The zero-order chi connectivity index (χ0) is 27.8. The minimum atomic E-state index is -2.88. The van der Waals surface area contributed by atoms with E-state index in [1.54, 1.807) is 0 Å². The van der Waals surface area contributed by atoms with Crippen LogP contribution in [0.25, 0.3) is 0 Å². The fraction of sp³-hybridized carbons (Fsp3) is 0.486. The van der Waals surface area contributed by atoms with Gasteiger partial charge in [-0.2, -0.15) is 0 Å². The summed E-state index contributed by atoms with van der Waals surface area (Å²) in [5, 5.41) is 0. The Morgan fingerprint density at radius 1 is 0.590 bits per heavy atom. The van der Waals surface area contributed by atoms with E-state index in [0.717, 1.165) is 42.4 Å². The third-order valence-corrected chi connectivity index (χ3v) is 8.22. The van der Waals surface area contributed by atoms with Crippen molar-refractivity contribution in [2.45, 2.75) is 109 Å². The van der Waals surface area contributed by atoms with Crippen LogP contribution < -0.4 is 0 Å². The maximum atomic E-state index is 12.6. The van der Waals surface area contributed by atoms with E-state index in [1.165, 1.54) is 75.3 Å². The second-order valence-corrected chi connectivity index (χ2v) is 11.4. The summed E-state index contributed by atoms with van der Waals surface area (Å²) in [5.41, 5.74) is 4.02. The fourth-order valence-electron chi connectivity index (χ4n) is 5.75. The minimum absolute atomic E-state index is 0.883. The number of hydrogen-bond acceptors (Lipinski definition) is 2. The number of rotatable bonds is 19. The SMILES string of the molecule is CCCCCCCCc1ccccc1C(O[P+](=O)O)(c1ccccc1)c1ccccc1CCCCCCCC. The standard InChI is InChI=1S/C35H47O3P/c1-3-5-7-9-11-14-22-30-24-18-20-28-33(30)35(38-39(36)37,32-26-16-13-17-27-32)34-29-21-19-25-31(34)23-15-12-10-8-6-4-2/h13,16-21,24-29H,3-12,14-15,22-23H2,1-2H3/p+1. The molecule has 0 fully saturated rings. The molecule has 3 rings (SSSR count). The van der Waals surface area contributed by atoms with Crippen LogP contribution in [0.15, 0.2) is 78.9 Å². The largest absolute Gasteiger partial charge is 0.696 e. The highest BCUT2D eigenvalue weighted by atomic mass is 31.1. The predicted octanol–water partition coefficient (Wildman–Crippen LogP) is 10.5. The first-order chi connectivity index (χ1) is 19.1. The van der Waals surface area contributed by atoms with Crippen molar-refractivity contribution in [1.29, 1.82) is 0 Å². The van der Waals surface area contributed by atoms with Crippen molar-refractivity contribution in [2.24, 2.45) is 0 Å². The molecule has 3 aromatic rings. The van der Waals surface area contributed by atoms with Gasteiger partial charge in [-0.05, 0) is 42.4 Å². The molecule has 0 aliphatic rings. The molecule has 210 valence electrons. The van der Waals surface area contributed by atoms with Gasteiger partial charge in [-0.3, -0.25) is 0 Å². The maximum absolute atomic E-state index is 12.6. The summed E-state index contributed by atoms with van der Waals surface area (Å²) in [6, 6.07) is 26.8. The fourth-order valence-corrected chi connectivity index (χ4v) is 6.29. The molecule has 39 heavy (non-hydrogen) atoms. The summed E-state index contributed by atoms with van der Waals surface area (Å²) in [5.74, 6) is 0. The molecule has 0 radical (unpaired) electrons. The lowest BCUT2D eigenvalue weighted by atomic mass is 9.75. The molecule has 4 heteroatoms. The van der Waals surface area contributed by atoms with Gasteiger partial charge in [-0.1, -0.05) is 161 Å². The average Bonchev–Trinajstić information content (AvgIpc) is 2.96. The Balaban J connectivity index is 2.04. The van der Waals surface area contributed by atoms with E-state index in [1.807, 2.05) is 42.5 Å². The van der Waals surface area contributed by atoms with Gasteiger partial charge in [0.2, 0.25) is 5.60 Å². The minimum Gasteiger partial charge on any atom is -0.133 e. The van der Waals surface area contributed by atoms with Gasteiger partial charge in [-0.25, -0.2) is 0 Å². The lowest BCUT2D eigenvalue weighted by molar-refractivity contribution is 0.143. The van der Waals surface area contributed by atoms with E-state index < -0.39 is 13.9 Å². The number of hydrogen-bond donors (Lipinski definition) is 1. The number of aryl methyl sites for hydroxylation is 2. The summed E-state index contributed by atoms with van der Waals surface area (Å²) in [6.07, 6.45) is 16.6. The Labute approximate surface area is 238 Å². The molecule has 0 aromatic heterocycles. The second-order valence-electron chi connectivity index (χ2n) is 10.7. The smallest absolute Gasteiger partial charge is 0.133 e. The Bertz CT molecular complexity index is 1050. The zero-order valence-corrected chi connectivity index (χ0v) is 25.0. The first kappa shape index (κ1) is 31.2. The molecule has 0 bridgehead atoms. The van der Waals surface area contributed by atoms with E-state index in [0.29, 0.717) is 0 Å². The van der Waals surface area contributed by atoms with Gasteiger partial charge in [0, 0.05) is 15.7 Å². The number of unbranched alkanes of at least 4 members (excludes halogenated alkanes) is 10. The Morgan fingerprint density at radius 3 is 1.46 bits per heavy atom. The van der Waals surface area contributed by atoms with Crippen molar-refractivity contribution in [3.8, 4) is 0 Å². The van der Waals surface area contributed by atoms with Gasteiger partial charge in [-0.15, -0.1) is 4.89 Å². The van der Waals surface area contributed by atoms with Crippen LogP contribution in [0.4, 0.5) is 0 Å². The number of benzene rings is 3.